The van der Waals surface area contributed by atoms with Crippen LogP contribution in [0.25, 0.3) is 0 Å². The molecule has 0 unspecified atom stereocenters. The number of rotatable bonds is 15. The zero-order valence-corrected chi connectivity index (χ0v) is 36.3. The lowest BCUT2D eigenvalue weighted by Crippen LogP contribution is -2.09. The van der Waals surface area contributed by atoms with E-state index in [0.29, 0.717) is 0 Å². The van der Waals surface area contributed by atoms with Crippen molar-refractivity contribution in [3.05, 3.63) is 273 Å². The molecule has 318 valence electrons. The van der Waals surface area contributed by atoms with E-state index in [-0.39, 0.29) is 0 Å². The summed E-state index contributed by atoms with van der Waals surface area (Å²) in [5.74, 6) is 0. The molecule has 0 bridgehead atoms. The highest BCUT2D eigenvalue weighted by Gasteiger charge is 2.15. The van der Waals surface area contributed by atoms with Crippen LogP contribution in [0.4, 0.5) is 85.3 Å². The van der Waals surface area contributed by atoms with Crippen LogP contribution in [0.15, 0.2) is 273 Å². The summed E-state index contributed by atoms with van der Waals surface area (Å²) in [6, 6.07) is 95.0. The summed E-state index contributed by atoms with van der Waals surface area (Å²) in [6.45, 7) is 0. The van der Waals surface area contributed by atoms with E-state index in [9.17, 15) is 0 Å². The van der Waals surface area contributed by atoms with E-state index in [4.69, 9.17) is 0 Å². The first-order valence-electron chi connectivity index (χ1n) is 22.2. The Morgan fingerprint density at radius 3 is 0.515 bits per heavy atom. The number of hydrogen-bond acceptors (Lipinski definition) is 6. The Hall–Kier alpha value is -9.00. The van der Waals surface area contributed by atoms with Crippen molar-refractivity contribution in [2.75, 3.05) is 30.7 Å². The van der Waals surface area contributed by atoms with Crippen LogP contribution >= 0.6 is 0 Å². The van der Waals surface area contributed by atoms with E-state index in [1.165, 1.54) is 0 Å². The predicted molar refractivity (Wildman–Crippen MR) is 280 cm³/mol. The Balaban J connectivity index is 0.950. The third kappa shape index (κ3) is 9.64. The quantitative estimate of drug-likeness (QED) is 0.0955. The number of anilines is 15. The van der Waals surface area contributed by atoms with Crippen molar-refractivity contribution in [1.82, 2.24) is 0 Å². The second kappa shape index (κ2) is 19.6. The fourth-order valence-corrected chi connectivity index (χ4v) is 8.23. The second-order valence-electron chi connectivity index (χ2n) is 15.8. The monoisotopic (exact) mass is 852 g/mol. The third-order valence-electron chi connectivity index (χ3n) is 11.3. The summed E-state index contributed by atoms with van der Waals surface area (Å²) in [6.07, 6.45) is 0. The standard InChI is InChI=1S/C60H48N6/c1-7-19-52(20-8-1)64(53-21-9-2-10-22-53)58-37-31-46(32-38-58)61-49-43-50(62-47-33-39-59(40-34-47)65(54-23-11-3-12-24-54)55-25-13-4-14-26-55)45-51(44-49)63-48-35-41-60(42-36-48)66(56-27-15-5-16-28-56)57-29-17-6-18-30-57/h1-45,61-63H. The molecular formula is C60H48N6. The van der Waals surface area contributed by atoms with Crippen molar-refractivity contribution in [3.8, 4) is 0 Å². The van der Waals surface area contributed by atoms with Crippen LogP contribution in [-0.2, 0) is 0 Å². The van der Waals surface area contributed by atoms with E-state index in [0.717, 1.165) is 85.3 Å². The highest BCUT2D eigenvalue weighted by molar-refractivity contribution is 5.83. The van der Waals surface area contributed by atoms with Crippen molar-refractivity contribution in [2.45, 2.75) is 0 Å². The fourth-order valence-electron chi connectivity index (χ4n) is 8.23. The Morgan fingerprint density at radius 2 is 0.333 bits per heavy atom. The van der Waals surface area contributed by atoms with Crippen LogP contribution in [0.1, 0.15) is 0 Å². The van der Waals surface area contributed by atoms with Crippen LogP contribution in [0.2, 0.25) is 0 Å². The maximum absolute atomic E-state index is 3.71. The molecule has 66 heavy (non-hydrogen) atoms. The minimum absolute atomic E-state index is 0.935. The molecule has 10 aromatic carbocycles. The molecule has 0 amide bonds. The van der Waals surface area contributed by atoms with Gasteiger partial charge in [0.25, 0.3) is 0 Å². The Kier molecular flexibility index (Phi) is 12.2. The molecule has 0 saturated heterocycles. The minimum atomic E-state index is 0.935. The summed E-state index contributed by atoms with van der Waals surface area (Å²) in [7, 11) is 0. The molecule has 0 aliphatic rings. The number of nitrogens with zero attached hydrogens (tertiary/aromatic N) is 3. The van der Waals surface area contributed by atoms with Gasteiger partial charge < -0.3 is 30.7 Å². The minimum Gasteiger partial charge on any atom is -0.355 e. The molecule has 0 fully saturated rings. The number of para-hydroxylation sites is 6. The van der Waals surface area contributed by atoms with Crippen molar-refractivity contribution in [2.24, 2.45) is 0 Å². The van der Waals surface area contributed by atoms with Gasteiger partial charge in [0.2, 0.25) is 0 Å². The van der Waals surface area contributed by atoms with Gasteiger partial charge in [-0.05, 0) is 164 Å². The summed E-state index contributed by atoms with van der Waals surface area (Å²) in [4.78, 5) is 6.81. The molecular weight excluding hydrogens is 805 g/mol. The molecule has 3 N–H and O–H groups in total. The van der Waals surface area contributed by atoms with Crippen molar-refractivity contribution >= 4 is 85.3 Å². The van der Waals surface area contributed by atoms with Gasteiger partial charge in [-0.3, -0.25) is 0 Å². The Morgan fingerprint density at radius 1 is 0.167 bits per heavy atom. The number of nitrogens with one attached hydrogen (secondary N) is 3. The SMILES string of the molecule is c1ccc(N(c2ccccc2)c2ccc(Nc3cc(Nc4ccc(N(c5ccccc5)c5ccccc5)cc4)cc(Nc4ccc(N(c5ccccc5)c5ccccc5)cc4)c3)cc2)cc1. The average molecular weight is 853 g/mol. The first-order chi connectivity index (χ1) is 32.7. The summed E-state index contributed by atoms with van der Waals surface area (Å²) in [5, 5.41) is 11.1. The van der Waals surface area contributed by atoms with Crippen LogP contribution in [0, 0.1) is 0 Å². The van der Waals surface area contributed by atoms with E-state index in [1.807, 2.05) is 36.4 Å². The lowest BCUT2D eigenvalue weighted by Gasteiger charge is -2.26. The van der Waals surface area contributed by atoms with Gasteiger partial charge in [0.15, 0.2) is 0 Å². The van der Waals surface area contributed by atoms with E-state index >= 15 is 0 Å². The molecule has 6 heteroatoms. The first-order valence-corrected chi connectivity index (χ1v) is 22.2. The second-order valence-corrected chi connectivity index (χ2v) is 15.8. The Bertz CT molecular complexity index is 2590. The normalized spacial score (nSPS) is 10.7. The summed E-state index contributed by atoms with van der Waals surface area (Å²) in [5.41, 5.74) is 15.5. The first kappa shape index (κ1) is 41.0. The van der Waals surface area contributed by atoms with Crippen molar-refractivity contribution in [1.29, 1.82) is 0 Å². The zero-order chi connectivity index (χ0) is 44.3. The number of benzene rings is 10. The summed E-state index contributed by atoms with van der Waals surface area (Å²) < 4.78 is 0. The van der Waals surface area contributed by atoms with Gasteiger partial charge in [-0.2, -0.15) is 0 Å². The van der Waals surface area contributed by atoms with Gasteiger partial charge in [-0.25, -0.2) is 0 Å². The zero-order valence-electron chi connectivity index (χ0n) is 36.3. The highest BCUT2D eigenvalue weighted by atomic mass is 15.2. The molecule has 0 atom stereocenters. The smallest absolute Gasteiger partial charge is 0.0463 e. The molecule has 0 aliphatic heterocycles. The molecule has 0 heterocycles. The van der Waals surface area contributed by atoms with Gasteiger partial charge in [-0.1, -0.05) is 109 Å². The van der Waals surface area contributed by atoms with Gasteiger partial charge >= 0.3 is 0 Å². The number of hydrogen-bond donors (Lipinski definition) is 3. The van der Waals surface area contributed by atoms with Gasteiger partial charge in [0, 0.05) is 85.3 Å². The van der Waals surface area contributed by atoms with Crippen LogP contribution in [0.5, 0.6) is 0 Å². The van der Waals surface area contributed by atoms with Crippen LogP contribution < -0.4 is 30.7 Å². The molecule has 10 aromatic rings. The van der Waals surface area contributed by atoms with Gasteiger partial charge in [0.1, 0.15) is 0 Å². The maximum atomic E-state index is 3.71. The maximum Gasteiger partial charge on any atom is 0.0463 e. The van der Waals surface area contributed by atoms with Crippen molar-refractivity contribution < 1.29 is 0 Å². The van der Waals surface area contributed by atoms with Crippen LogP contribution in [0.3, 0.4) is 0 Å². The molecule has 0 saturated carbocycles. The van der Waals surface area contributed by atoms with Crippen molar-refractivity contribution in [3.63, 3.8) is 0 Å². The molecule has 0 radical (unpaired) electrons. The fraction of sp³-hybridized carbons (Fsp3) is 0. The molecule has 10 rings (SSSR count). The van der Waals surface area contributed by atoms with Gasteiger partial charge in [-0.15, -0.1) is 0 Å². The predicted octanol–water partition coefficient (Wildman–Crippen LogP) is 17.3. The average Bonchev–Trinajstić information content (AvgIpc) is 3.38. The molecule has 0 spiro atoms. The summed E-state index contributed by atoms with van der Waals surface area (Å²) >= 11 is 0. The highest BCUT2D eigenvalue weighted by Crippen LogP contribution is 2.39. The lowest BCUT2D eigenvalue weighted by molar-refractivity contribution is 1.28. The van der Waals surface area contributed by atoms with Crippen LogP contribution in [-0.4, -0.2) is 0 Å². The largest absolute Gasteiger partial charge is 0.355 e. The van der Waals surface area contributed by atoms with E-state index in [1.54, 1.807) is 0 Å². The van der Waals surface area contributed by atoms with E-state index in [2.05, 4.69) is 267 Å². The third-order valence-corrected chi connectivity index (χ3v) is 11.3. The van der Waals surface area contributed by atoms with Gasteiger partial charge in [0.05, 0.1) is 0 Å². The van der Waals surface area contributed by atoms with E-state index < -0.39 is 0 Å². The Labute approximate surface area is 387 Å². The lowest BCUT2D eigenvalue weighted by atomic mass is 10.1. The molecule has 0 aliphatic carbocycles. The topological polar surface area (TPSA) is 45.8 Å². The molecule has 6 nitrogen and oxygen atoms in total. The molecule has 0 aromatic heterocycles.